The van der Waals surface area contributed by atoms with Crippen molar-refractivity contribution >= 4 is 0 Å². The predicted octanol–water partition coefficient (Wildman–Crippen LogP) is 2.30. The van der Waals surface area contributed by atoms with E-state index in [2.05, 4.69) is 61.3 Å². The van der Waals surface area contributed by atoms with Crippen molar-refractivity contribution in [1.29, 1.82) is 0 Å². The molecule has 1 aliphatic rings. The first-order valence-electron chi connectivity index (χ1n) is 6.61. The maximum Gasteiger partial charge on any atom is 0.0281 e. The van der Waals surface area contributed by atoms with Crippen LogP contribution in [-0.2, 0) is 6.42 Å². The Morgan fingerprint density at radius 2 is 2.00 bits per heavy atom. The largest absolute Gasteiger partial charge is 0.313 e. The van der Waals surface area contributed by atoms with Crippen molar-refractivity contribution in [3.05, 3.63) is 35.9 Å². The monoisotopic (exact) mass is 232 g/mol. The molecule has 1 fully saturated rings. The fourth-order valence-electron chi connectivity index (χ4n) is 2.81. The van der Waals surface area contributed by atoms with Gasteiger partial charge < -0.3 is 5.32 Å². The first-order chi connectivity index (χ1) is 8.09. The molecule has 94 valence electrons. The van der Waals surface area contributed by atoms with Crippen molar-refractivity contribution in [3.63, 3.8) is 0 Å². The summed E-state index contributed by atoms with van der Waals surface area (Å²) < 4.78 is 0. The number of nitrogens with one attached hydrogen (secondary N) is 1. The van der Waals surface area contributed by atoms with E-state index in [-0.39, 0.29) is 5.54 Å². The Morgan fingerprint density at radius 1 is 1.29 bits per heavy atom. The van der Waals surface area contributed by atoms with Crippen molar-refractivity contribution in [2.75, 3.05) is 19.6 Å². The molecule has 0 saturated carbocycles. The number of hydrogen-bond acceptors (Lipinski definition) is 2. The lowest BCUT2D eigenvalue weighted by atomic mass is 9.96. The van der Waals surface area contributed by atoms with Crippen LogP contribution in [0.4, 0.5) is 0 Å². The van der Waals surface area contributed by atoms with Gasteiger partial charge in [0.25, 0.3) is 0 Å². The van der Waals surface area contributed by atoms with Crippen molar-refractivity contribution in [3.8, 4) is 0 Å². The molecule has 0 spiro atoms. The second-order valence-corrected chi connectivity index (χ2v) is 5.72. The molecule has 1 aliphatic heterocycles. The van der Waals surface area contributed by atoms with Gasteiger partial charge in [-0.2, -0.15) is 0 Å². The van der Waals surface area contributed by atoms with Crippen LogP contribution in [0, 0.1) is 0 Å². The Labute approximate surface area is 105 Å². The summed E-state index contributed by atoms with van der Waals surface area (Å²) in [6, 6.07) is 11.4. The second-order valence-electron chi connectivity index (χ2n) is 5.72. The number of nitrogens with zero attached hydrogens (tertiary/aromatic N) is 1. The summed E-state index contributed by atoms with van der Waals surface area (Å²) in [6.07, 6.45) is 1.15. The zero-order valence-electron chi connectivity index (χ0n) is 11.2. The highest BCUT2D eigenvalue weighted by atomic mass is 15.3. The van der Waals surface area contributed by atoms with Crippen LogP contribution in [0.1, 0.15) is 26.3 Å². The lowest BCUT2D eigenvalue weighted by molar-refractivity contribution is 0.0467. The predicted molar refractivity (Wildman–Crippen MR) is 73.3 cm³/mol. The van der Waals surface area contributed by atoms with Gasteiger partial charge in [-0.05, 0) is 32.8 Å². The highest BCUT2D eigenvalue weighted by molar-refractivity contribution is 5.15. The van der Waals surface area contributed by atoms with Gasteiger partial charge in [-0.15, -0.1) is 0 Å². The molecule has 1 aromatic rings. The van der Waals surface area contributed by atoms with Gasteiger partial charge in [0.15, 0.2) is 0 Å². The Kier molecular flexibility index (Phi) is 3.85. The third-order valence-corrected chi connectivity index (χ3v) is 3.79. The highest BCUT2D eigenvalue weighted by Crippen LogP contribution is 2.21. The van der Waals surface area contributed by atoms with Crippen LogP contribution in [-0.4, -0.2) is 36.1 Å². The van der Waals surface area contributed by atoms with E-state index in [9.17, 15) is 0 Å². The summed E-state index contributed by atoms with van der Waals surface area (Å²) in [4.78, 5) is 2.64. The Hall–Kier alpha value is -0.860. The quantitative estimate of drug-likeness (QED) is 0.860. The van der Waals surface area contributed by atoms with Crippen LogP contribution in [0.15, 0.2) is 30.3 Å². The minimum Gasteiger partial charge on any atom is -0.313 e. The molecule has 1 heterocycles. The third kappa shape index (κ3) is 3.08. The first kappa shape index (κ1) is 12.6. The van der Waals surface area contributed by atoms with Crippen molar-refractivity contribution < 1.29 is 0 Å². The fourth-order valence-corrected chi connectivity index (χ4v) is 2.81. The van der Waals surface area contributed by atoms with Crippen LogP contribution in [0.2, 0.25) is 0 Å². The van der Waals surface area contributed by atoms with Gasteiger partial charge >= 0.3 is 0 Å². The summed E-state index contributed by atoms with van der Waals surface area (Å²) in [7, 11) is 0. The molecule has 0 aromatic heterocycles. The summed E-state index contributed by atoms with van der Waals surface area (Å²) in [5, 5.41) is 3.51. The fraction of sp³-hybridized carbons (Fsp3) is 0.600. The van der Waals surface area contributed by atoms with E-state index in [1.165, 1.54) is 5.56 Å². The molecule has 2 nitrogen and oxygen atoms in total. The molecule has 0 aliphatic carbocycles. The second kappa shape index (κ2) is 5.19. The third-order valence-electron chi connectivity index (χ3n) is 3.79. The highest BCUT2D eigenvalue weighted by Gasteiger charge is 2.33. The standard InChI is InChI=1S/C15H24N2/c1-13-11-16-12-15(2,3)17(13)10-9-14-7-5-4-6-8-14/h4-8,13,16H,9-12H2,1-3H3. The number of rotatable bonds is 3. The molecule has 1 N–H and O–H groups in total. The van der Waals surface area contributed by atoms with Crippen LogP contribution in [0.25, 0.3) is 0 Å². The van der Waals surface area contributed by atoms with E-state index in [0.717, 1.165) is 26.1 Å². The average Bonchev–Trinajstić information content (AvgIpc) is 2.29. The normalized spacial score (nSPS) is 24.8. The molecule has 1 unspecified atom stereocenters. The zero-order chi connectivity index (χ0) is 12.3. The summed E-state index contributed by atoms with van der Waals surface area (Å²) in [6.45, 7) is 10.3. The van der Waals surface area contributed by atoms with Gasteiger partial charge in [0.1, 0.15) is 0 Å². The van der Waals surface area contributed by atoms with Crippen LogP contribution in [0.3, 0.4) is 0 Å². The lowest BCUT2D eigenvalue weighted by Gasteiger charge is -2.47. The van der Waals surface area contributed by atoms with Crippen LogP contribution < -0.4 is 5.32 Å². The first-order valence-corrected chi connectivity index (χ1v) is 6.61. The lowest BCUT2D eigenvalue weighted by Crippen LogP contribution is -2.62. The average molecular weight is 232 g/mol. The van der Waals surface area contributed by atoms with E-state index < -0.39 is 0 Å². The maximum absolute atomic E-state index is 3.51. The molecule has 1 saturated heterocycles. The van der Waals surface area contributed by atoms with E-state index in [4.69, 9.17) is 0 Å². The molecule has 0 amide bonds. The van der Waals surface area contributed by atoms with Gasteiger partial charge in [-0.1, -0.05) is 30.3 Å². The van der Waals surface area contributed by atoms with Crippen LogP contribution >= 0.6 is 0 Å². The number of hydrogen-bond donors (Lipinski definition) is 1. The molecule has 1 atom stereocenters. The Balaban J connectivity index is 1.97. The van der Waals surface area contributed by atoms with Gasteiger partial charge in [-0.25, -0.2) is 0 Å². The van der Waals surface area contributed by atoms with Crippen molar-refractivity contribution in [2.24, 2.45) is 0 Å². The van der Waals surface area contributed by atoms with Gasteiger partial charge in [0, 0.05) is 31.2 Å². The van der Waals surface area contributed by atoms with Crippen LogP contribution in [0.5, 0.6) is 0 Å². The van der Waals surface area contributed by atoms with E-state index in [0.29, 0.717) is 6.04 Å². The van der Waals surface area contributed by atoms with Gasteiger partial charge in [-0.3, -0.25) is 4.90 Å². The van der Waals surface area contributed by atoms with Gasteiger partial charge in [0.05, 0.1) is 0 Å². The number of benzene rings is 1. The van der Waals surface area contributed by atoms with Gasteiger partial charge in [0.2, 0.25) is 0 Å². The molecule has 1 aromatic carbocycles. The maximum atomic E-state index is 3.51. The Morgan fingerprint density at radius 3 is 2.65 bits per heavy atom. The van der Waals surface area contributed by atoms with E-state index >= 15 is 0 Å². The van der Waals surface area contributed by atoms with Crippen molar-refractivity contribution in [2.45, 2.75) is 38.8 Å². The SMILES string of the molecule is CC1CNCC(C)(C)N1CCc1ccccc1. The van der Waals surface area contributed by atoms with E-state index in [1.807, 2.05) is 0 Å². The molecule has 0 bridgehead atoms. The molecular formula is C15H24N2. The minimum atomic E-state index is 0.270. The minimum absolute atomic E-state index is 0.270. The summed E-state index contributed by atoms with van der Waals surface area (Å²) >= 11 is 0. The number of piperazine rings is 1. The summed E-state index contributed by atoms with van der Waals surface area (Å²) in [5.74, 6) is 0. The molecular weight excluding hydrogens is 208 g/mol. The zero-order valence-corrected chi connectivity index (χ0v) is 11.2. The molecule has 0 radical (unpaired) electrons. The van der Waals surface area contributed by atoms with E-state index in [1.54, 1.807) is 0 Å². The summed E-state index contributed by atoms with van der Waals surface area (Å²) in [5.41, 5.74) is 1.71. The molecule has 17 heavy (non-hydrogen) atoms. The van der Waals surface area contributed by atoms with Crippen molar-refractivity contribution in [1.82, 2.24) is 10.2 Å². The molecule has 2 heteroatoms. The topological polar surface area (TPSA) is 15.3 Å². The molecule has 2 rings (SSSR count). The Bertz CT molecular complexity index is 345. The smallest absolute Gasteiger partial charge is 0.0281 e.